The molecule has 0 unspecified atom stereocenters. The van der Waals surface area contributed by atoms with Gasteiger partial charge in [-0.05, 0) is 50.1 Å². The maximum absolute atomic E-state index is 13.2. The average Bonchev–Trinajstić information content (AvgIpc) is 3.25. The Balaban J connectivity index is 1.79. The number of amides is 1. The molecular formula is C21H24N2O3. The van der Waals surface area contributed by atoms with Crippen molar-refractivity contribution in [3.63, 3.8) is 0 Å². The predicted molar refractivity (Wildman–Crippen MR) is 101 cm³/mol. The van der Waals surface area contributed by atoms with Crippen LogP contribution in [0.3, 0.4) is 0 Å². The van der Waals surface area contributed by atoms with Crippen molar-refractivity contribution in [2.45, 2.75) is 32.0 Å². The Morgan fingerprint density at radius 2 is 1.88 bits per heavy atom. The molecule has 4 rings (SSSR count). The maximum Gasteiger partial charge on any atom is 0.246 e. The second-order valence-corrected chi connectivity index (χ2v) is 6.65. The summed E-state index contributed by atoms with van der Waals surface area (Å²) in [6, 6.07) is 15.7. The zero-order valence-electron chi connectivity index (χ0n) is 15.2. The number of methoxy groups -OCH3 is 1. The molecule has 0 radical (unpaired) electrons. The SMILES string of the molecule is CCOc1ccccc1[C@H]1N(c2ccc(OC)cc2)C(=O)[C@@H]2CCCN21. The van der Waals surface area contributed by atoms with E-state index >= 15 is 0 Å². The van der Waals surface area contributed by atoms with Gasteiger partial charge in [-0.25, -0.2) is 0 Å². The molecule has 2 heterocycles. The summed E-state index contributed by atoms with van der Waals surface area (Å²) in [5, 5.41) is 0. The van der Waals surface area contributed by atoms with E-state index in [2.05, 4.69) is 11.0 Å². The van der Waals surface area contributed by atoms with Crippen LogP contribution in [-0.2, 0) is 4.79 Å². The first-order valence-electron chi connectivity index (χ1n) is 9.19. The summed E-state index contributed by atoms with van der Waals surface area (Å²) in [6.07, 6.45) is 1.84. The molecule has 2 saturated heterocycles. The molecule has 2 aliphatic heterocycles. The molecule has 0 aliphatic carbocycles. The zero-order chi connectivity index (χ0) is 18.1. The van der Waals surface area contributed by atoms with E-state index < -0.39 is 0 Å². The normalized spacial score (nSPS) is 22.5. The van der Waals surface area contributed by atoms with Gasteiger partial charge in [-0.15, -0.1) is 0 Å². The molecule has 0 bridgehead atoms. The molecule has 5 nitrogen and oxygen atoms in total. The van der Waals surface area contributed by atoms with Crippen molar-refractivity contribution in [1.29, 1.82) is 0 Å². The minimum atomic E-state index is -0.133. The molecule has 2 aromatic carbocycles. The molecule has 0 aromatic heterocycles. The first-order valence-corrected chi connectivity index (χ1v) is 9.19. The molecule has 2 aromatic rings. The topological polar surface area (TPSA) is 42.0 Å². The molecule has 26 heavy (non-hydrogen) atoms. The van der Waals surface area contributed by atoms with Crippen LogP contribution in [0.25, 0.3) is 0 Å². The fraction of sp³-hybridized carbons (Fsp3) is 0.381. The largest absolute Gasteiger partial charge is 0.497 e. The van der Waals surface area contributed by atoms with Crippen molar-refractivity contribution in [1.82, 2.24) is 4.90 Å². The summed E-state index contributed by atoms with van der Waals surface area (Å²) >= 11 is 0. The number of anilines is 1. The number of fused-ring (bicyclic) bond motifs is 1. The fourth-order valence-electron chi connectivity index (χ4n) is 4.09. The number of nitrogens with zero attached hydrogens (tertiary/aromatic N) is 2. The highest BCUT2D eigenvalue weighted by atomic mass is 16.5. The van der Waals surface area contributed by atoms with E-state index in [9.17, 15) is 4.79 Å². The van der Waals surface area contributed by atoms with E-state index in [0.717, 1.165) is 42.1 Å². The van der Waals surface area contributed by atoms with Crippen LogP contribution in [0.5, 0.6) is 11.5 Å². The highest BCUT2D eigenvalue weighted by molar-refractivity contribution is 6.00. The number of carbonyl (C=O) groups is 1. The van der Waals surface area contributed by atoms with E-state index in [1.165, 1.54) is 0 Å². The monoisotopic (exact) mass is 352 g/mol. The molecule has 5 heteroatoms. The molecule has 1 amide bonds. The van der Waals surface area contributed by atoms with E-state index in [4.69, 9.17) is 9.47 Å². The molecule has 0 N–H and O–H groups in total. The Morgan fingerprint density at radius 3 is 2.62 bits per heavy atom. The number of carbonyl (C=O) groups excluding carboxylic acids is 1. The fourth-order valence-corrected chi connectivity index (χ4v) is 4.09. The second-order valence-electron chi connectivity index (χ2n) is 6.65. The smallest absolute Gasteiger partial charge is 0.246 e. The summed E-state index contributed by atoms with van der Waals surface area (Å²) < 4.78 is 11.1. The number of para-hydroxylation sites is 1. The van der Waals surface area contributed by atoms with Gasteiger partial charge in [0, 0.05) is 17.8 Å². The van der Waals surface area contributed by atoms with Gasteiger partial charge in [-0.3, -0.25) is 14.6 Å². The Hall–Kier alpha value is -2.53. The van der Waals surface area contributed by atoms with Gasteiger partial charge < -0.3 is 9.47 Å². The Bertz CT molecular complexity index is 790. The second kappa shape index (κ2) is 7.00. The predicted octanol–water partition coefficient (Wildman–Crippen LogP) is 3.60. The van der Waals surface area contributed by atoms with Crippen molar-refractivity contribution in [2.24, 2.45) is 0 Å². The van der Waals surface area contributed by atoms with Crippen molar-refractivity contribution < 1.29 is 14.3 Å². The van der Waals surface area contributed by atoms with Gasteiger partial charge in [0.15, 0.2) is 0 Å². The van der Waals surface area contributed by atoms with Crippen LogP contribution in [0.15, 0.2) is 48.5 Å². The maximum atomic E-state index is 13.2. The zero-order valence-corrected chi connectivity index (χ0v) is 15.2. The van der Waals surface area contributed by atoms with Crippen molar-refractivity contribution in [2.75, 3.05) is 25.2 Å². The summed E-state index contributed by atoms with van der Waals surface area (Å²) in [4.78, 5) is 17.4. The molecule has 2 aliphatic rings. The van der Waals surface area contributed by atoms with Gasteiger partial charge in [0.25, 0.3) is 0 Å². The van der Waals surface area contributed by atoms with Gasteiger partial charge >= 0.3 is 0 Å². The summed E-state index contributed by atoms with van der Waals surface area (Å²) in [5.74, 6) is 1.80. The third kappa shape index (κ3) is 2.72. The average molecular weight is 352 g/mol. The minimum absolute atomic E-state index is 0.0446. The number of ether oxygens (including phenoxy) is 2. The van der Waals surface area contributed by atoms with E-state index in [0.29, 0.717) is 6.61 Å². The highest BCUT2D eigenvalue weighted by Gasteiger charge is 2.50. The van der Waals surface area contributed by atoms with Crippen molar-refractivity contribution >= 4 is 11.6 Å². The van der Waals surface area contributed by atoms with Gasteiger partial charge in [-0.1, -0.05) is 18.2 Å². The number of hydrogen-bond acceptors (Lipinski definition) is 4. The summed E-state index contributed by atoms with van der Waals surface area (Å²) in [6.45, 7) is 3.51. The van der Waals surface area contributed by atoms with Crippen LogP contribution in [-0.4, -0.2) is 37.1 Å². The minimum Gasteiger partial charge on any atom is -0.497 e. The summed E-state index contributed by atoms with van der Waals surface area (Å²) in [7, 11) is 1.65. The molecule has 136 valence electrons. The highest BCUT2D eigenvalue weighted by Crippen LogP contribution is 2.45. The van der Waals surface area contributed by atoms with E-state index in [1.54, 1.807) is 7.11 Å². The quantitative estimate of drug-likeness (QED) is 0.824. The number of benzene rings is 2. The van der Waals surface area contributed by atoms with Crippen LogP contribution in [0.1, 0.15) is 31.5 Å². The summed E-state index contributed by atoms with van der Waals surface area (Å²) in [5.41, 5.74) is 1.93. The van der Waals surface area contributed by atoms with Crippen LogP contribution in [0, 0.1) is 0 Å². The number of hydrogen-bond donors (Lipinski definition) is 0. The van der Waals surface area contributed by atoms with Gasteiger partial charge in [0.05, 0.1) is 19.8 Å². The van der Waals surface area contributed by atoms with Gasteiger partial charge in [0.1, 0.15) is 17.7 Å². The molecule has 0 saturated carbocycles. The lowest BCUT2D eigenvalue weighted by Crippen LogP contribution is -2.32. The Labute approximate surface area is 154 Å². The van der Waals surface area contributed by atoms with Crippen LogP contribution < -0.4 is 14.4 Å². The van der Waals surface area contributed by atoms with Crippen LogP contribution in [0.4, 0.5) is 5.69 Å². The molecular weight excluding hydrogens is 328 g/mol. The first kappa shape index (κ1) is 16.9. The van der Waals surface area contributed by atoms with E-state index in [-0.39, 0.29) is 18.1 Å². The van der Waals surface area contributed by atoms with Crippen molar-refractivity contribution in [3.8, 4) is 11.5 Å². The lowest BCUT2D eigenvalue weighted by Gasteiger charge is -2.31. The Kier molecular flexibility index (Phi) is 4.55. The lowest BCUT2D eigenvalue weighted by molar-refractivity contribution is -0.119. The molecule has 0 spiro atoms. The third-order valence-corrected chi connectivity index (χ3v) is 5.22. The lowest BCUT2D eigenvalue weighted by atomic mass is 10.1. The standard InChI is InChI=1S/C21H24N2O3/c1-3-26-19-9-5-4-7-17(19)20-22-14-6-8-18(22)21(24)23(20)15-10-12-16(25-2)13-11-15/h4-5,7,9-13,18,20H,3,6,8,14H2,1-2H3/t18-,20+/m0/s1. The van der Waals surface area contributed by atoms with Crippen LogP contribution in [0.2, 0.25) is 0 Å². The molecule has 2 fully saturated rings. The van der Waals surface area contributed by atoms with E-state index in [1.807, 2.05) is 54.3 Å². The molecule has 2 atom stereocenters. The third-order valence-electron chi connectivity index (χ3n) is 5.22. The van der Waals surface area contributed by atoms with Gasteiger partial charge in [-0.2, -0.15) is 0 Å². The van der Waals surface area contributed by atoms with Crippen molar-refractivity contribution in [3.05, 3.63) is 54.1 Å². The first-order chi connectivity index (χ1) is 12.7. The van der Waals surface area contributed by atoms with Gasteiger partial charge in [0.2, 0.25) is 5.91 Å². The van der Waals surface area contributed by atoms with Crippen LogP contribution >= 0.6 is 0 Å². The Morgan fingerprint density at radius 1 is 1.12 bits per heavy atom. The number of rotatable bonds is 5.